The lowest BCUT2D eigenvalue weighted by Gasteiger charge is -2.37. The van der Waals surface area contributed by atoms with Gasteiger partial charge in [-0.05, 0) is 35.6 Å². The van der Waals surface area contributed by atoms with Crippen LogP contribution in [0.15, 0.2) is 77.6 Å². The topological polar surface area (TPSA) is 62.6 Å². The quantitative estimate of drug-likeness (QED) is 0.648. The summed E-state index contributed by atoms with van der Waals surface area (Å²) < 4.78 is 5.10. The summed E-state index contributed by atoms with van der Waals surface area (Å²) in [5.74, 6) is -0.250. The van der Waals surface area contributed by atoms with E-state index < -0.39 is 0 Å². The van der Waals surface area contributed by atoms with Gasteiger partial charge in [0.25, 0.3) is 5.91 Å². The molecule has 31 heavy (non-hydrogen) atoms. The number of carbonyl (C=O) groups is 2. The molecular weight excluding hydrogens is 388 g/mol. The molecule has 1 aromatic heterocycles. The first-order chi connectivity index (χ1) is 15.1. The molecule has 4 rings (SSSR count). The van der Waals surface area contributed by atoms with Crippen molar-refractivity contribution in [1.82, 2.24) is 10.2 Å². The van der Waals surface area contributed by atoms with Crippen LogP contribution in [0.2, 0.25) is 0 Å². The van der Waals surface area contributed by atoms with Crippen LogP contribution in [0.1, 0.15) is 46.3 Å². The summed E-state index contributed by atoms with van der Waals surface area (Å²) in [5, 5.41) is 3.06. The molecule has 0 radical (unpaired) electrons. The highest BCUT2D eigenvalue weighted by atomic mass is 16.3. The minimum Gasteiger partial charge on any atom is -0.472 e. The van der Waals surface area contributed by atoms with Crippen LogP contribution in [0.4, 0.5) is 0 Å². The molecule has 1 aliphatic heterocycles. The average molecular weight is 417 g/mol. The molecule has 1 N–H and O–H groups in total. The SMILES string of the molecule is CCc1ccc([C@H]2C[C@H](C(=O)NCc3ccccc3)CN(C(=O)c3ccoc3)C2)cc1. The minimum atomic E-state index is -0.260. The molecule has 1 fully saturated rings. The van der Waals surface area contributed by atoms with Crippen LogP contribution >= 0.6 is 0 Å². The number of benzene rings is 2. The number of hydrogen-bond donors (Lipinski definition) is 1. The number of nitrogens with zero attached hydrogens (tertiary/aromatic N) is 1. The van der Waals surface area contributed by atoms with Gasteiger partial charge in [-0.3, -0.25) is 9.59 Å². The van der Waals surface area contributed by atoms with Crippen LogP contribution in [0.3, 0.4) is 0 Å². The summed E-state index contributed by atoms with van der Waals surface area (Å²) in [7, 11) is 0. The smallest absolute Gasteiger partial charge is 0.257 e. The predicted octanol–water partition coefficient (Wildman–Crippen LogP) is 4.40. The number of rotatable bonds is 6. The van der Waals surface area contributed by atoms with E-state index in [2.05, 4.69) is 36.5 Å². The molecule has 5 heteroatoms. The third-order valence-electron chi connectivity index (χ3n) is 6.05. The van der Waals surface area contributed by atoms with E-state index in [1.54, 1.807) is 11.0 Å². The van der Waals surface area contributed by atoms with Crippen LogP contribution in [-0.2, 0) is 17.8 Å². The molecule has 0 bridgehead atoms. The van der Waals surface area contributed by atoms with Gasteiger partial charge < -0.3 is 14.6 Å². The fourth-order valence-electron chi connectivity index (χ4n) is 4.22. The maximum atomic E-state index is 13.0. The molecule has 0 unspecified atom stereocenters. The largest absolute Gasteiger partial charge is 0.472 e. The van der Waals surface area contributed by atoms with Gasteiger partial charge in [0.15, 0.2) is 0 Å². The second-order valence-electron chi connectivity index (χ2n) is 8.15. The van der Waals surface area contributed by atoms with Crippen molar-refractivity contribution in [2.75, 3.05) is 13.1 Å². The maximum Gasteiger partial charge on any atom is 0.257 e. The highest BCUT2D eigenvalue weighted by Gasteiger charge is 2.35. The third kappa shape index (κ3) is 5.05. The van der Waals surface area contributed by atoms with Gasteiger partial charge >= 0.3 is 0 Å². The molecule has 2 aromatic carbocycles. The van der Waals surface area contributed by atoms with Gasteiger partial charge in [0.2, 0.25) is 5.91 Å². The maximum absolute atomic E-state index is 13.0. The lowest BCUT2D eigenvalue weighted by Crippen LogP contribution is -2.47. The monoisotopic (exact) mass is 416 g/mol. The number of hydrogen-bond acceptors (Lipinski definition) is 3. The first kappa shape index (κ1) is 20.9. The van der Waals surface area contributed by atoms with E-state index in [1.165, 1.54) is 23.7 Å². The molecule has 2 atom stereocenters. The summed E-state index contributed by atoms with van der Waals surface area (Å²) in [6, 6.07) is 20.1. The van der Waals surface area contributed by atoms with Crippen molar-refractivity contribution in [3.05, 3.63) is 95.4 Å². The van der Waals surface area contributed by atoms with Crippen LogP contribution < -0.4 is 5.32 Å². The van der Waals surface area contributed by atoms with Gasteiger partial charge in [-0.15, -0.1) is 0 Å². The van der Waals surface area contributed by atoms with Crippen molar-refractivity contribution in [3.8, 4) is 0 Å². The summed E-state index contributed by atoms with van der Waals surface area (Å²) >= 11 is 0. The summed E-state index contributed by atoms with van der Waals surface area (Å²) in [6.45, 7) is 3.63. The highest BCUT2D eigenvalue weighted by molar-refractivity contribution is 5.94. The fraction of sp³-hybridized carbons (Fsp3) is 0.308. The Morgan fingerprint density at radius 1 is 1.00 bits per heavy atom. The van der Waals surface area contributed by atoms with Crippen molar-refractivity contribution >= 4 is 11.8 Å². The zero-order chi connectivity index (χ0) is 21.6. The molecule has 3 aromatic rings. The Labute approximate surface area is 183 Å². The number of piperidine rings is 1. The van der Waals surface area contributed by atoms with Crippen molar-refractivity contribution in [2.24, 2.45) is 5.92 Å². The van der Waals surface area contributed by atoms with Crippen LogP contribution in [0.5, 0.6) is 0 Å². The second kappa shape index (κ2) is 9.65. The Hall–Kier alpha value is -3.34. The minimum absolute atomic E-state index is 0.0104. The Bertz CT molecular complexity index is 997. The molecular formula is C26H28N2O3. The molecule has 0 spiro atoms. The number of furan rings is 1. The number of amides is 2. The molecule has 160 valence electrons. The third-order valence-corrected chi connectivity index (χ3v) is 6.05. The summed E-state index contributed by atoms with van der Waals surface area (Å²) in [4.78, 5) is 27.8. The Morgan fingerprint density at radius 3 is 2.45 bits per heavy atom. The van der Waals surface area contributed by atoms with E-state index in [4.69, 9.17) is 4.42 Å². The highest BCUT2D eigenvalue weighted by Crippen LogP contribution is 2.31. The lowest BCUT2D eigenvalue weighted by molar-refractivity contribution is -0.126. The van der Waals surface area contributed by atoms with E-state index >= 15 is 0 Å². The van der Waals surface area contributed by atoms with Crippen molar-refractivity contribution in [1.29, 1.82) is 0 Å². The van der Waals surface area contributed by atoms with E-state index in [9.17, 15) is 9.59 Å². The van der Waals surface area contributed by atoms with Gasteiger partial charge in [0.1, 0.15) is 6.26 Å². The molecule has 5 nitrogen and oxygen atoms in total. The standard InChI is InChI=1S/C26H28N2O3/c1-2-19-8-10-21(11-9-19)23-14-24(25(29)27-15-20-6-4-3-5-7-20)17-28(16-23)26(30)22-12-13-31-18-22/h3-13,18,23-24H,2,14-17H2,1H3,(H,27,29)/t23-,24-/m0/s1. The average Bonchev–Trinajstić information content (AvgIpc) is 3.37. The molecule has 0 aliphatic carbocycles. The zero-order valence-corrected chi connectivity index (χ0v) is 17.8. The van der Waals surface area contributed by atoms with Gasteiger partial charge in [0.05, 0.1) is 17.7 Å². The Balaban J connectivity index is 1.51. The zero-order valence-electron chi connectivity index (χ0n) is 17.8. The molecule has 2 amide bonds. The Morgan fingerprint density at radius 2 is 1.77 bits per heavy atom. The van der Waals surface area contributed by atoms with E-state index in [0.29, 0.717) is 25.2 Å². The number of carbonyl (C=O) groups excluding carboxylic acids is 2. The first-order valence-electron chi connectivity index (χ1n) is 10.9. The van der Waals surface area contributed by atoms with Gasteiger partial charge in [0, 0.05) is 25.6 Å². The molecule has 1 aliphatic rings. The number of likely N-dealkylation sites (tertiary alicyclic amines) is 1. The van der Waals surface area contributed by atoms with E-state index in [1.807, 2.05) is 30.3 Å². The van der Waals surface area contributed by atoms with Crippen LogP contribution in [-0.4, -0.2) is 29.8 Å². The molecule has 1 saturated heterocycles. The normalized spacial score (nSPS) is 18.5. The molecule has 2 heterocycles. The Kier molecular flexibility index (Phi) is 6.51. The van der Waals surface area contributed by atoms with Gasteiger partial charge in [-0.25, -0.2) is 0 Å². The predicted molar refractivity (Wildman–Crippen MR) is 120 cm³/mol. The van der Waals surface area contributed by atoms with Crippen molar-refractivity contribution < 1.29 is 14.0 Å². The van der Waals surface area contributed by atoms with Crippen LogP contribution in [0.25, 0.3) is 0 Å². The lowest BCUT2D eigenvalue weighted by atomic mass is 9.83. The van der Waals surface area contributed by atoms with Gasteiger partial charge in [-0.1, -0.05) is 61.5 Å². The number of aryl methyl sites for hydroxylation is 1. The first-order valence-corrected chi connectivity index (χ1v) is 10.9. The van der Waals surface area contributed by atoms with Crippen molar-refractivity contribution in [3.63, 3.8) is 0 Å². The van der Waals surface area contributed by atoms with Crippen LogP contribution in [0, 0.1) is 5.92 Å². The fourth-order valence-corrected chi connectivity index (χ4v) is 4.22. The van der Waals surface area contributed by atoms with Crippen molar-refractivity contribution in [2.45, 2.75) is 32.2 Å². The van der Waals surface area contributed by atoms with E-state index in [0.717, 1.165) is 18.4 Å². The molecule has 0 saturated carbocycles. The second-order valence-corrected chi connectivity index (χ2v) is 8.15. The summed E-state index contributed by atoms with van der Waals surface area (Å²) in [6.07, 6.45) is 4.68. The van der Waals surface area contributed by atoms with E-state index in [-0.39, 0.29) is 23.7 Å². The number of nitrogens with one attached hydrogen (secondary N) is 1. The summed E-state index contributed by atoms with van der Waals surface area (Å²) in [5.41, 5.74) is 4.03. The van der Waals surface area contributed by atoms with Gasteiger partial charge in [-0.2, -0.15) is 0 Å².